The van der Waals surface area contributed by atoms with Crippen LogP contribution in [0.1, 0.15) is 5.56 Å². The van der Waals surface area contributed by atoms with Crippen molar-refractivity contribution < 1.29 is 13.7 Å². The van der Waals surface area contributed by atoms with Gasteiger partial charge < -0.3 is 9.15 Å². The molecule has 1 aliphatic rings. The molecule has 0 fully saturated rings. The summed E-state index contributed by atoms with van der Waals surface area (Å²) in [7, 11) is 2.08. The summed E-state index contributed by atoms with van der Waals surface area (Å²) in [6.07, 6.45) is 2.16. The average Bonchev–Trinajstić information content (AvgIpc) is 3.20. The van der Waals surface area contributed by atoms with E-state index in [0.29, 0.717) is 0 Å². The standard InChI is InChI=1S/C21H14NO2S/c1-11-6-7-12-4-3-5-14-17(12)16(11)18-20(23-14)19-13(10-22(18)2)21-15(24-19)8-9-25-21/h3-10H,1-2H3/q+1. The van der Waals surface area contributed by atoms with Gasteiger partial charge in [0.25, 0.3) is 5.69 Å². The van der Waals surface area contributed by atoms with Gasteiger partial charge in [0.15, 0.2) is 11.8 Å². The number of thiophene rings is 1. The minimum absolute atomic E-state index is 0.817. The summed E-state index contributed by atoms with van der Waals surface area (Å²) >= 11 is 1.70. The number of ether oxygens (including phenoxy) is 1. The first-order valence-corrected chi connectivity index (χ1v) is 9.13. The molecular formula is C21H14NO2S+. The summed E-state index contributed by atoms with van der Waals surface area (Å²) in [6, 6.07) is 12.6. The molecule has 0 N–H and O–H groups in total. The summed E-state index contributed by atoms with van der Waals surface area (Å²) < 4.78 is 15.9. The molecule has 2 aromatic carbocycles. The van der Waals surface area contributed by atoms with Crippen molar-refractivity contribution >= 4 is 43.4 Å². The molecule has 3 aromatic heterocycles. The highest BCUT2D eigenvalue weighted by Gasteiger charge is 2.33. The van der Waals surface area contributed by atoms with E-state index in [1.165, 1.54) is 26.6 Å². The van der Waals surface area contributed by atoms with Crippen LogP contribution in [0.2, 0.25) is 0 Å². The number of benzene rings is 2. The van der Waals surface area contributed by atoms with Gasteiger partial charge in [0, 0.05) is 5.39 Å². The number of aryl methyl sites for hydroxylation is 2. The molecule has 0 radical (unpaired) electrons. The smallest absolute Gasteiger partial charge is 0.260 e. The molecular weight excluding hydrogens is 330 g/mol. The summed E-state index contributed by atoms with van der Waals surface area (Å²) in [5.74, 6) is 1.72. The first-order chi connectivity index (χ1) is 12.2. The lowest BCUT2D eigenvalue weighted by molar-refractivity contribution is -0.659. The molecule has 1 aliphatic heterocycles. The lowest BCUT2D eigenvalue weighted by Gasteiger charge is -2.20. The summed E-state index contributed by atoms with van der Waals surface area (Å²) in [5.41, 5.74) is 5.31. The van der Waals surface area contributed by atoms with Gasteiger partial charge in [0.2, 0.25) is 5.75 Å². The maximum Gasteiger partial charge on any atom is 0.260 e. The fraction of sp³-hybridized carbons (Fsp3) is 0.0952. The maximum absolute atomic E-state index is 6.39. The molecule has 0 amide bonds. The van der Waals surface area contributed by atoms with E-state index in [-0.39, 0.29) is 0 Å². The summed E-state index contributed by atoms with van der Waals surface area (Å²) in [6.45, 7) is 2.16. The van der Waals surface area contributed by atoms with E-state index in [2.05, 4.69) is 48.3 Å². The highest BCUT2D eigenvalue weighted by molar-refractivity contribution is 7.18. The molecule has 3 nitrogen and oxygen atoms in total. The first-order valence-electron chi connectivity index (χ1n) is 8.25. The van der Waals surface area contributed by atoms with Gasteiger partial charge in [-0.2, -0.15) is 4.57 Å². The summed E-state index contributed by atoms with van der Waals surface area (Å²) in [5, 5.41) is 5.55. The predicted octanol–water partition coefficient (Wildman–Crippen LogP) is 5.71. The molecule has 4 heteroatoms. The van der Waals surface area contributed by atoms with Gasteiger partial charge in [-0.15, -0.1) is 11.3 Å². The number of aromatic nitrogens is 1. The Kier molecular flexibility index (Phi) is 2.37. The van der Waals surface area contributed by atoms with E-state index >= 15 is 0 Å². The minimum atomic E-state index is 0.817. The second kappa shape index (κ2) is 4.41. The number of hydrogen-bond acceptors (Lipinski definition) is 3. The lowest BCUT2D eigenvalue weighted by atomic mass is 9.93. The van der Waals surface area contributed by atoms with Crippen LogP contribution in [0.5, 0.6) is 11.5 Å². The van der Waals surface area contributed by atoms with Crippen LogP contribution in [0.25, 0.3) is 43.3 Å². The van der Waals surface area contributed by atoms with Gasteiger partial charge in [-0.05, 0) is 35.4 Å². The molecule has 0 aliphatic carbocycles. The van der Waals surface area contributed by atoms with Crippen molar-refractivity contribution in [3.05, 3.63) is 53.5 Å². The topological polar surface area (TPSA) is 26.2 Å². The monoisotopic (exact) mass is 344 g/mol. The van der Waals surface area contributed by atoms with Crippen LogP contribution in [-0.2, 0) is 7.05 Å². The van der Waals surface area contributed by atoms with E-state index in [0.717, 1.165) is 33.7 Å². The second-order valence-electron chi connectivity index (χ2n) is 6.59. The largest absolute Gasteiger partial charge is 0.451 e. The number of fused-ring (bicyclic) bond motifs is 6. The van der Waals surface area contributed by atoms with Gasteiger partial charge in [0.05, 0.1) is 10.3 Å². The van der Waals surface area contributed by atoms with Crippen LogP contribution in [-0.4, -0.2) is 0 Å². The summed E-state index contributed by atoms with van der Waals surface area (Å²) in [4.78, 5) is 0. The van der Waals surface area contributed by atoms with Crippen molar-refractivity contribution in [1.29, 1.82) is 0 Å². The molecule has 0 bridgehead atoms. The molecule has 0 saturated heterocycles. The average molecular weight is 344 g/mol. The van der Waals surface area contributed by atoms with Gasteiger partial charge in [-0.3, -0.25) is 0 Å². The molecule has 25 heavy (non-hydrogen) atoms. The SMILES string of the molecule is Cc1ccc2cccc3c2c1-c1c(c2oc4ccsc4c2c[n+]1C)O3. The van der Waals surface area contributed by atoms with Crippen LogP contribution in [0.3, 0.4) is 0 Å². The second-order valence-corrected chi connectivity index (χ2v) is 7.51. The Bertz CT molecular complexity index is 1340. The van der Waals surface area contributed by atoms with Gasteiger partial charge in [-0.1, -0.05) is 24.3 Å². The third-order valence-electron chi connectivity index (χ3n) is 5.09. The Morgan fingerprint density at radius 2 is 2.00 bits per heavy atom. The molecule has 4 heterocycles. The zero-order valence-corrected chi connectivity index (χ0v) is 14.6. The van der Waals surface area contributed by atoms with Gasteiger partial charge in [0.1, 0.15) is 23.8 Å². The zero-order valence-electron chi connectivity index (χ0n) is 13.8. The molecule has 0 saturated carbocycles. The Balaban J connectivity index is 1.86. The van der Waals surface area contributed by atoms with Crippen molar-refractivity contribution in [2.24, 2.45) is 7.05 Å². The number of pyridine rings is 1. The first kappa shape index (κ1) is 13.4. The number of nitrogens with zero attached hydrogens (tertiary/aromatic N) is 1. The highest BCUT2D eigenvalue weighted by atomic mass is 32.1. The van der Waals surface area contributed by atoms with Crippen LogP contribution >= 0.6 is 11.3 Å². The quantitative estimate of drug-likeness (QED) is 0.330. The predicted molar refractivity (Wildman–Crippen MR) is 101 cm³/mol. The fourth-order valence-electron chi connectivity index (χ4n) is 3.99. The van der Waals surface area contributed by atoms with Crippen LogP contribution in [0.4, 0.5) is 0 Å². The molecule has 0 spiro atoms. The fourth-order valence-corrected chi connectivity index (χ4v) is 4.81. The normalized spacial score (nSPS) is 12.7. The van der Waals surface area contributed by atoms with E-state index in [1.54, 1.807) is 11.3 Å². The third-order valence-corrected chi connectivity index (χ3v) is 6.02. The van der Waals surface area contributed by atoms with Crippen molar-refractivity contribution in [3.8, 4) is 22.8 Å². The highest BCUT2D eigenvalue weighted by Crippen LogP contribution is 2.50. The van der Waals surface area contributed by atoms with Crippen molar-refractivity contribution in [2.75, 3.05) is 0 Å². The molecule has 120 valence electrons. The maximum atomic E-state index is 6.39. The van der Waals surface area contributed by atoms with Crippen molar-refractivity contribution in [2.45, 2.75) is 6.92 Å². The Morgan fingerprint density at radius 3 is 2.92 bits per heavy atom. The Labute approximate surface area is 147 Å². The van der Waals surface area contributed by atoms with Crippen LogP contribution < -0.4 is 9.30 Å². The Morgan fingerprint density at radius 1 is 1.08 bits per heavy atom. The minimum Gasteiger partial charge on any atom is -0.451 e. The molecule has 0 atom stereocenters. The van der Waals surface area contributed by atoms with Gasteiger partial charge in [-0.25, -0.2) is 0 Å². The van der Waals surface area contributed by atoms with Crippen LogP contribution in [0, 0.1) is 6.92 Å². The van der Waals surface area contributed by atoms with E-state index < -0.39 is 0 Å². The van der Waals surface area contributed by atoms with Gasteiger partial charge >= 0.3 is 0 Å². The van der Waals surface area contributed by atoms with E-state index in [1.807, 2.05) is 18.2 Å². The number of hydrogen-bond donors (Lipinski definition) is 0. The number of rotatable bonds is 0. The molecule has 5 aromatic rings. The number of furan rings is 1. The third kappa shape index (κ3) is 1.58. The zero-order chi connectivity index (χ0) is 16.7. The van der Waals surface area contributed by atoms with E-state index in [4.69, 9.17) is 9.15 Å². The Hall–Kier alpha value is -2.85. The van der Waals surface area contributed by atoms with Crippen molar-refractivity contribution in [3.63, 3.8) is 0 Å². The van der Waals surface area contributed by atoms with Crippen LogP contribution in [0.15, 0.2) is 52.4 Å². The van der Waals surface area contributed by atoms with Crippen molar-refractivity contribution in [1.82, 2.24) is 0 Å². The molecule has 6 rings (SSSR count). The lowest BCUT2D eigenvalue weighted by Crippen LogP contribution is -2.32. The molecule has 0 unspecified atom stereocenters. The van der Waals surface area contributed by atoms with E-state index in [9.17, 15) is 0 Å².